The number of phenolic OH excluding ortho intramolecular Hbond substituents is 1. The van der Waals surface area contributed by atoms with E-state index >= 15 is 0 Å². The van der Waals surface area contributed by atoms with Gasteiger partial charge in [0.25, 0.3) is 0 Å². The lowest BCUT2D eigenvalue weighted by Gasteiger charge is -2.28. The largest absolute Gasteiger partial charge is 0.508 e. The Kier molecular flexibility index (Phi) is 6.07. The Hall–Kier alpha value is -2.05. The summed E-state index contributed by atoms with van der Waals surface area (Å²) in [6.45, 7) is 2.88. The Bertz CT molecular complexity index is 790. The summed E-state index contributed by atoms with van der Waals surface area (Å²) in [4.78, 5) is 15.4. The van der Waals surface area contributed by atoms with Gasteiger partial charge < -0.3 is 15.3 Å². The van der Waals surface area contributed by atoms with Crippen LogP contribution in [0.2, 0.25) is 0 Å². The molecule has 4 rings (SSSR count). The third-order valence-electron chi connectivity index (χ3n) is 5.46. The van der Waals surface area contributed by atoms with Crippen LogP contribution in [0.5, 0.6) is 5.75 Å². The second kappa shape index (κ2) is 8.31. The lowest BCUT2D eigenvalue weighted by atomic mass is 9.89. The highest BCUT2D eigenvalue weighted by Crippen LogP contribution is 2.34. The van der Waals surface area contributed by atoms with Crippen LogP contribution in [0.3, 0.4) is 0 Å². The number of halogens is 1. The number of aromatic hydroxyl groups is 1. The van der Waals surface area contributed by atoms with Crippen molar-refractivity contribution in [1.29, 1.82) is 0 Å². The van der Waals surface area contributed by atoms with E-state index in [2.05, 4.69) is 10.4 Å². The van der Waals surface area contributed by atoms with Crippen molar-refractivity contribution in [1.82, 2.24) is 20.0 Å². The molecule has 1 aliphatic heterocycles. The molecule has 2 atom stereocenters. The van der Waals surface area contributed by atoms with Crippen LogP contribution in [0.1, 0.15) is 29.9 Å². The summed E-state index contributed by atoms with van der Waals surface area (Å²) >= 11 is 0. The Morgan fingerprint density at radius 3 is 2.85 bits per heavy atom. The summed E-state index contributed by atoms with van der Waals surface area (Å²) in [6, 6.07) is 7.22. The Balaban J connectivity index is 0.00000210. The number of benzene rings is 1. The van der Waals surface area contributed by atoms with Crippen molar-refractivity contribution in [3.8, 4) is 5.75 Å². The van der Waals surface area contributed by atoms with E-state index in [1.165, 1.54) is 12.8 Å². The maximum absolute atomic E-state index is 13.4. The third kappa shape index (κ3) is 4.62. The normalized spacial score (nSPS) is 21.7. The number of aromatic nitrogens is 2. The highest BCUT2D eigenvalue weighted by molar-refractivity contribution is 5.85. The van der Waals surface area contributed by atoms with E-state index in [0.717, 1.165) is 24.2 Å². The zero-order valence-corrected chi connectivity index (χ0v) is 16.4. The second-order valence-electron chi connectivity index (χ2n) is 7.65. The summed E-state index contributed by atoms with van der Waals surface area (Å²) in [5, 5.41) is 17.4. The number of phenols is 1. The smallest absolute Gasteiger partial charge is 0.227 e. The monoisotopic (exact) mass is 390 g/mol. The van der Waals surface area contributed by atoms with E-state index in [1.54, 1.807) is 16.8 Å². The molecule has 2 heterocycles. The quantitative estimate of drug-likeness (QED) is 0.794. The zero-order chi connectivity index (χ0) is 18.1. The number of amides is 1. The van der Waals surface area contributed by atoms with Crippen LogP contribution in [-0.2, 0) is 18.4 Å². The minimum atomic E-state index is -0.0599. The van der Waals surface area contributed by atoms with Gasteiger partial charge >= 0.3 is 0 Å². The zero-order valence-electron chi connectivity index (χ0n) is 15.5. The first kappa shape index (κ1) is 19.7. The lowest BCUT2D eigenvalue weighted by molar-refractivity contribution is -0.136. The topological polar surface area (TPSA) is 70.4 Å². The van der Waals surface area contributed by atoms with Crippen molar-refractivity contribution in [2.75, 3.05) is 19.6 Å². The highest BCUT2D eigenvalue weighted by Gasteiger charge is 2.38. The van der Waals surface area contributed by atoms with Gasteiger partial charge in [0, 0.05) is 45.3 Å². The Morgan fingerprint density at radius 2 is 2.19 bits per heavy atom. The molecule has 0 bridgehead atoms. The molecular formula is C20H27ClN4O2. The number of hydrogen-bond donors (Lipinski definition) is 2. The number of carbonyl (C=O) groups is 1. The van der Waals surface area contributed by atoms with Crippen molar-refractivity contribution in [2.24, 2.45) is 18.9 Å². The second-order valence-corrected chi connectivity index (χ2v) is 7.65. The van der Waals surface area contributed by atoms with Gasteiger partial charge in [-0.05, 0) is 42.0 Å². The Morgan fingerprint density at radius 1 is 1.37 bits per heavy atom. The average molecular weight is 391 g/mol. The van der Waals surface area contributed by atoms with Crippen LogP contribution >= 0.6 is 12.4 Å². The summed E-state index contributed by atoms with van der Waals surface area (Å²) in [7, 11) is 1.91. The average Bonchev–Trinajstić information content (AvgIpc) is 3.12. The molecule has 2 aliphatic rings. The van der Waals surface area contributed by atoms with E-state index in [9.17, 15) is 9.90 Å². The van der Waals surface area contributed by atoms with Crippen LogP contribution in [-0.4, -0.2) is 45.3 Å². The van der Waals surface area contributed by atoms with Gasteiger partial charge in [-0.3, -0.25) is 9.48 Å². The molecule has 1 aliphatic carbocycles. The van der Waals surface area contributed by atoms with Gasteiger partial charge in [0.15, 0.2) is 0 Å². The number of nitrogens with one attached hydrogen (secondary N) is 1. The fraction of sp³-hybridized carbons (Fsp3) is 0.500. The highest BCUT2D eigenvalue weighted by atomic mass is 35.5. The predicted octanol–water partition coefficient (Wildman–Crippen LogP) is 2.29. The van der Waals surface area contributed by atoms with E-state index in [1.807, 2.05) is 36.5 Å². The van der Waals surface area contributed by atoms with Gasteiger partial charge in [-0.15, -0.1) is 12.4 Å². The van der Waals surface area contributed by atoms with Gasteiger partial charge in [-0.25, -0.2) is 0 Å². The molecule has 146 valence electrons. The minimum absolute atomic E-state index is 0. The fourth-order valence-electron chi connectivity index (χ4n) is 3.87. The molecule has 27 heavy (non-hydrogen) atoms. The fourth-order valence-corrected chi connectivity index (χ4v) is 3.87. The van der Waals surface area contributed by atoms with Crippen LogP contribution < -0.4 is 5.32 Å². The molecule has 2 N–H and O–H groups in total. The summed E-state index contributed by atoms with van der Waals surface area (Å²) < 4.78 is 1.80. The summed E-state index contributed by atoms with van der Waals surface area (Å²) in [5.74, 6) is 1.19. The number of rotatable bonds is 6. The van der Waals surface area contributed by atoms with E-state index in [4.69, 9.17) is 0 Å². The molecule has 7 heteroatoms. The van der Waals surface area contributed by atoms with Crippen molar-refractivity contribution in [3.05, 3.63) is 47.8 Å². The van der Waals surface area contributed by atoms with Gasteiger partial charge in [0.2, 0.25) is 5.91 Å². The molecule has 6 nitrogen and oxygen atoms in total. The van der Waals surface area contributed by atoms with Gasteiger partial charge in [-0.1, -0.05) is 12.1 Å². The van der Waals surface area contributed by atoms with Crippen molar-refractivity contribution in [2.45, 2.75) is 25.3 Å². The molecular weight excluding hydrogens is 364 g/mol. The predicted molar refractivity (Wildman–Crippen MR) is 106 cm³/mol. The molecule has 1 amide bonds. The number of carbonyl (C=O) groups excluding carboxylic acids is 1. The van der Waals surface area contributed by atoms with Crippen LogP contribution in [0.4, 0.5) is 0 Å². The van der Waals surface area contributed by atoms with E-state index in [-0.39, 0.29) is 35.9 Å². The van der Waals surface area contributed by atoms with Gasteiger partial charge in [-0.2, -0.15) is 5.10 Å². The van der Waals surface area contributed by atoms with Crippen molar-refractivity contribution in [3.63, 3.8) is 0 Å². The van der Waals surface area contributed by atoms with Gasteiger partial charge in [0.1, 0.15) is 5.75 Å². The van der Waals surface area contributed by atoms with Crippen LogP contribution in [0.25, 0.3) is 0 Å². The molecule has 0 unspecified atom stereocenters. The van der Waals surface area contributed by atoms with Crippen LogP contribution in [0.15, 0.2) is 36.7 Å². The summed E-state index contributed by atoms with van der Waals surface area (Å²) in [6.07, 6.45) is 6.30. The standard InChI is InChI=1S/C20H26N4O2.ClH/c1-23-13-16(8-22-23)18-9-21-10-19(18)20(26)24(11-14-5-6-14)12-15-3-2-4-17(25)7-15;/h2-4,7-8,13-14,18-19,21,25H,5-6,9-12H2,1H3;1H/t18-,19+;/m1./s1. The number of nitrogens with zero attached hydrogens (tertiary/aromatic N) is 3. The molecule has 0 radical (unpaired) electrons. The minimum Gasteiger partial charge on any atom is -0.508 e. The van der Waals surface area contributed by atoms with Crippen molar-refractivity contribution >= 4 is 18.3 Å². The molecule has 1 aromatic heterocycles. The molecule has 1 saturated heterocycles. The lowest BCUT2D eigenvalue weighted by Crippen LogP contribution is -2.39. The number of aryl methyl sites for hydroxylation is 1. The first-order valence-electron chi connectivity index (χ1n) is 9.36. The number of hydrogen-bond acceptors (Lipinski definition) is 4. The molecule has 0 spiro atoms. The van der Waals surface area contributed by atoms with Crippen molar-refractivity contribution < 1.29 is 9.90 Å². The summed E-state index contributed by atoms with van der Waals surface area (Å²) in [5.41, 5.74) is 2.10. The first-order valence-corrected chi connectivity index (χ1v) is 9.36. The molecule has 1 saturated carbocycles. The molecule has 2 fully saturated rings. The van der Waals surface area contributed by atoms with E-state index < -0.39 is 0 Å². The molecule has 2 aromatic rings. The SMILES string of the molecule is Cl.Cn1cc([C@H]2CNC[C@@H]2C(=O)N(Cc2cccc(O)c2)CC2CC2)cn1. The Labute approximate surface area is 166 Å². The maximum Gasteiger partial charge on any atom is 0.227 e. The maximum atomic E-state index is 13.4. The van der Waals surface area contributed by atoms with E-state index in [0.29, 0.717) is 19.0 Å². The molecule has 1 aromatic carbocycles. The third-order valence-corrected chi connectivity index (χ3v) is 5.46. The van der Waals surface area contributed by atoms with Gasteiger partial charge in [0.05, 0.1) is 12.1 Å². The van der Waals surface area contributed by atoms with Crippen LogP contribution in [0, 0.1) is 11.8 Å². The first-order chi connectivity index (χ1) is 12.6.